The Hall–Kier alpha value is -1.66. The summed E-state index contributed by atoms with van der Waals surface area (Å²) in [5, 5.41) is 0. The van der Waals surface area contributed by atoms with Crippen molar-refractivity contribution in [1.82, 2.24) is 0 Å². The molecule has 0 saturated carbocycles. The molecule has 0 atom stereocenters. The number of hydrogen-bond acceptors (Lipinski definition) is 0. The van der Waals surface area contributed by atoms with Crippen LogP contribution in [-0.2, 0) is 5.41 Å². The summed E-state index contributed by atoms with van der Waals surface area (Å²) in [5.41, 5.74) is 1.79. The zero-order chi connectivity index (χ0) is 9.90. The average Bonchev–Trinajstić information content (AvgIpc) is 2.18. The van der Waals surface area contributed by atoms with Gasteiger partial charge in [-0.1, -0.05) is 24.0 Å². The highest BCUT2D eigenvalue weighted by molar-refractivity contribution is 5.39. The van der Waals surface area contributed by atoms with Crippen LogP contribution in [0.2, 0.25) is 0 Å². The molecule has 0 aliphatic carbocycles. The van der Waals surface area contributed by atoms with Gasteiger partial charge in [0, 0.05) is 5.56 Å². The summed E-state index contributed by atoms with van der Waals surface area (Å²) in [5.74, 6) is 5.32. The second-order valence-electron chi connectivity index (χ2n) is 3.49. The molecular weight excluding hydrogens is 156 g/mol. The van der Waals surface area contributed by atoms with Gasteiger partial charge >= 0.3 is 0 Å². The number of benzene rings is 1. The van der Waals surface area contributed by atoms with Gasteiger partial charge in [0.2, 0.25) is 0 Å². The molecule has 0 heterocycles. The fraction of sp³-hybridized carbons (Fsp3) is 0.231. The van der Waals surface area contributed by atoms with Gasteiger partial charge in [0.1, 0.15) is 0 Å². The molecule has 1 aromatic carbocycles. The molecule has 0 bridgehead atoms. The van der Waals surface area contributed by atoms with Crippen molar-refractivity contribution < 1.29 is 0 Å². The largest absolute Gasteiger partial charge is 0.119 e. The lowest BCUT2D eigenvalue weighted by Crippen LogP contribution is -2.13. The van der Waals surface area contributed by atoms with Crippen molar-refractivity contribution >= 4 is 0 Å². The monoisotopic (exact) mass is 168 g/mol. The molecule has 0 aliphatic heterocycles. The Morgan fingerprint density at radius 1 is 1.08 bits per heavy atom. The molecule has 0 nitrogen and oxygen atoms in total. The molecule has 0 radical (unpaired) electrons. The summed E-state index contributed by atoms with van der Waals surface area (Å²) in [4.78, 5) is 0. The van der Waals surface area contributed by atoms with E-state index in [1.807, 2.05) is 38.1 Å². The van der Waals surface area contributed by atoms with E-state index < -0.39 is 0 Å². The van der Waals surface area contributed by atoms with Crippen LogP contribution >= 0.6 is 0 Å². The van der Waals surface area contributed by atoms with Gasteiger partial charge < -0.3 is 0 Å². The van der Waals surface area contributed by atoms with E-state index in [1.165, 1.54) is 0 Å². The fourth-order valence-electron chi connectivity index (χ4n) is 1.07. The van der Waals surface area contributed by atoms with Gasteiger partial charge in [0.15, 0.2) is 0 Å². The lowest BCUT2D eigenvalue weighted by molar-refractivity contribution is 0.699. The standard InChI is InChI=1S/C13H12/c1-5-11-7-9-12(10-8-11)13(3,4)6-2/h1-2,7-10H,3-4H3. The van der Waals surface area contributed by atoms with E-state index in [0.29, 0.717) is 0 Å². The second-order valence-corrected chi connectivity index (χ2v) is 3.49. The van der Waals surface area contributed by atoms with Crippen molar-refractivity contribution in [3.8, 4) is 24.7 Å². The highest BCUT2D eigenvalue weighted by Crippen LogP contribution is 2.21. The lowest BCUT2D eigenvalue weighted by atomic mass is 9.85. The zero-order valence-corrected chi connectivity index (χ0v) is 7.96. The Morgan fingerprint density at radius 3 is 2.00 bits per heavy atom. The van der Waals surface area contributed by atoms with E-state index in [-0.39, 0.29) is 5.41 Å². The first-order valence-corrected chi connectivity index (χ1v) is 4.15. The van der Waals surface area contributed by atoms with E-state index in [1.54, 1.807) is 0 Å². The maximum absolute atomic E-state index is 5.42. The van der Waals surface area contributed by atoms with Gasteiger partial charge in [0.25, 0.3) is 0 Å². The summed E-state index contributed by atoms with van der Waals surface area (Å²) < 4.78 is 0. The molecule has 0 aliphatic rings. The lowest BCUT2D eigenvalue weighted by Gasteiger charge is -2.17. The molecule has 1 rings (SSSR count). The Labute approximate surface area is 80.0 Å². The molecule has 0 N–H and O–H groups in total. The highest BCUT2D eigenvalue weighted by atomic mass is 14.2. The van der Waals surface area contributed by atoms with Gasteiger partial charge in [-0.05, 0) is 31.5 Å². The quantitative estimate of drug-likeness (QED) is 0.565. The third-order valence-corrected chi connectivity index (χ3v) is 2.13. The predicted molar refractivity (Wildman–Crippen MR) is 56.2 cm³/mol. The van der Waals surface area contributed by atoms with E-state index in [4.69, 9.17) is 12.8 Å². The van der Waals surface area contributed by atoms with Crippen LogP contribution in [0.1, 0.15) is 25.0 Å². The first-order chi connectivity index (χ1) is 6.10. The number of rotatable bonds is 1. The Morgan fingerprint density at radius 2 is 1.62 bits per heavy atom. The molecule has 0 heteroatoms. The summed E-state index contributed by atoms with van der Waals surface area (Å²) in [6.45, 7) is 4.02. The van der Waals surface area contributed by atoms with Gasteiger partial charge in [-0.25, -0.2) is 0 Å². The van der Waals surface area contributed by atoms with Crippen LogP contribution in [0, 0.1) is 24.7 Å². The van der Waals surface area contributed by atoms with Crippen molar-refractivity contribution in [2.24, 2.45) is 0 Å². The van der Waals surface area contributed by atoms with Crippen LogP contribution in [-0.4, -0.2) is 0 Å². The molecule has 0 unspecified atom stereocenters. The van der Waals surface area contributed by atoms with Gasteiger partial charge in [-0.15, -0.1) is 12.8 Å². The zero-order valence-electron chi connectivity index (χ0n) is 7.96. The topological polar surface area (TPSA) is 0 Å². The molecule has 0 amide bonds. The normalized spacial score (nSPS) is 10.2. The van der Waals surface area contributed by atoms with E-state index in [0.717, 1.165) is 11.1 Å². The van der Waals surface area contributed by atoms with Crippen LogP contribution in [0.4, 0.5) is 0 Å². The number of hydrogen-bond donors (Lipinski definition) is 0. The Balaban J connectivity index is 3.09. The van der Waals surface area contributed by atoms with Crippen LogP contribution in [0.5, 0.6) is 0 Å². The average molecular weight is 168 g/mol. The first kappa shape index (κ1) is 9.43. The van der Waals surface area contributed by atoms with Crippen molar-refractivity contribution in [3.63, 3.8) is 0 Å². The summed E-state index contributed by atoms with van der Waals surface area (Å²) in [7, 11) is 0. The SMILES string of the molecule is C#Cc1ccc(C(C)(C)C#C)cc1. The summed E-state index contributed by atoms with van der Waals surface area (Å²) in [6.07, 6.45) is 10.7. The Bertz CT molecular complexity index is 366. The third kappa shape index (κ3) is 1.92. The van der Waals surface area contributed by atoms with E-state index >= 15 is 0 Å². The van der Waals surface area contributed by atoms with Crippen molar-refractivity contribution in [2.75, 3.05) is 0 Å². The molecule has 0 aromatic heterocycles. The molecule has 64 valence electrons. The van der Waals surface area contributed by atoms with Gasteiger partial charge in [-0.2, -0.15) is 0 Å². The molecule has 0 saturated heterocycles. The van der Waals surface area contributed by atoms with Crippen LogP contribution < -0.4 is 0 Å². The maximum Gasteiger partial charge on any atom is 0.0504 e. The molecule has 0 spiro atoms. The van der Waals surface area contributed by atoms with Crippen LogP contribution in [0.15, 0.2) is 24.3 Å². The van der Waals surface area contributed by atoms with Crippen molar-refractivity contribution in [3.05, 3.63) is 35.4 Å². The van der Waals surface area contributed by atoms with Crippen LogP contribution in [0.3, 0.4) is 0 Å². The second kappa shape index (κ2) is 3.38. The summed E-state index contributed by atoms with van der Waals surface area (Å²) in [6, 6.07) is 7.78. The van der Waals surface area contributed by atoms with Gasteiger partial charge in [-0.3, -0.25) is 0 Å². The maximum atomic E-state index is 5.42. The molecule has 1 aromatic rings. The minimum absolute atomic E-state index is 0.215. The smallest absolute Gasteiger partial charge is 0.0504 e. The fourth-order valence-corrected chi connectivity index (χ4v) is 1.07. The Kier molecular flexibility index (Phi) is 2.45. The molecule has 13 heavy (non-hydrogen) atoms. The van der Waals surface area contributed by atoms with E-state index in [9.17, 15) is 0 Å². The third-order valence-electron chi connectivity index (χ3n) is 2.13. The minimum Gasteiger partial charge on any atom is -0.119 e. The first-order valence-electron chi connectivity index (χ1n) is 4.15. The predicted octanol–water partition coefficient (Wildman–Crippen LogP) is 2.58. The molecule has 0 fully saturated rings. The van der Waals surface area contributed by atoms with Crippen LogP contribution in [0.25, 0.3) is 0 Å². The number of terminal acetylenes is 2. The minimum atomic E-state index is -0.215. The van der Waals surface area contributed by atoms with Crippen molar-refractivity contribution in [2.45, 2.75) is 19.3 Å². The molecular formula is C13H12. The van der Waals surface area contributed by atoms with Gasteiger partial charge in [0.05, 0.1) is 5.41 Å². The van der Waals surface area contributed by atoms with Crippen molar-refractivity contribution in [1.29, 1.82) is 0 Å². The highest BCUT2D eigenvalue weighted by Gasteiger charge is 2.15. The summed E-state index contributed by atoms with van der Waals surface area (Å²) >= 11 is 0. The van der Waals surface area contributed by atoms with E-state index in [2.05, 4.69) is 11.8 Å².